The van der Waals surface area contributed by atoms with Crippen molar-refractivity contribution in [3.63, 3.8) is 0 Å². The van der Waals surface area contributed by atoms with Gasteiger partial charge in [-0.3, -0.25) is 4.79 Å². The third-order valence-electron chi connectivity index (χ3n) is 3.81. The molecule has 0 aliphatic rings. The van der Waals surface area contributed by atoms with Crippen LogP contribution in [0.2, 0.25) is 0 Å². The quantitative estimate of drug-likeness (QED) is 0.578. The zero-order chi connectivity index (χ0) is 20.1. The molecule has 3 rings (SSSR count). The summed E-state index contributed by atoms with van der Waals surface area (Å²) < 4.78 is 48.7. The summed E-state index contributed by atoms with van der Waals surface area (Å²) in [5.41, 5.74) is 0.323. The smallest absolute Gasteiger partial charge is 0.416 e. The van der Waals surface area contributed by atoms with E-state index in [-0.39, 0.29) is 6.61 Å². The Hall–Kier alpha value is -3.00. The summed E-state index contributed by atoms with van der Waals surface area (Å²) in [6, 6.07) is 13.2. The number of carbonyl (C=O) groups is 1. The Kier molecular flexibility index (Phi) is 5.89. The average Bonchev–Trinajstić information content (AvgIpc) is 3.15. The van der Waals surface area contributed by atoms with Gasteiger partial charge in [-0.25, -0.2) is 0 Å². The summed E-state index contributed by atoms with van der Waals surface area (Å²) in [5.74, 6) is 0.804. The molecule has 0 aliphatic heterocycles. The van der Waals surface area contributed by atoms with Gasteiger partial charge in [-0.2, -0.15) is 13.2 Å². The number of methoxy groups -OCH3 is 1. The molecule has 0 aliphatic carbocycles. The zero-order valence-electron chi connectivity index (χ0n) is 14.7. The van der Waals surface area contributed by atoms with Gasteiger partial charge < -0.3 is 14.8 Å². The van der Waals surface area contributed by atoms with Gasteiger partial charge in [-0.1, -0.05) is 12.1 Å². The second-order valence-corrected chi connectivity index (χ2v) is 6.70. The first-order valence-corrected chi connectivity index (χ1v) is 9.06. The van der Waals surface area contributed by atoms with Gasteiger partial charge in [-0.15, -0.1) is 11.3 Å². The van der Waals surface area contributed by atoms with Crippen molar-refractivity contribution in [2.45, 2.75) is 12.8 Å². The number of anilines is 1. The summed E-state index contributed by atoms with van der Waals surface area (Å²) in [5, 5.41) is 4.37. The van der Waals surface area contributed by atoms with Crippen LogP contribution >= 0.6 is 11.3 Å². The minimum absolute atomic E-state index is 0.254. The summed E-state index contributed by atoms with van der Waals surface area (Å²) >= 11 is 1.23. The van der Waals surface area contributed by atoms with Gasteiger partial charge in [0.05, 0.1) is 17.6 Å². The largest absolute Gasteiger partial charge is 0.493 e. The first-order valence-electron chi connectivity index (χ1n) is 8.18. The zero-order valence-corrected chi connectivity index (χ0v) is 15.6. The number of alkyl halides is 3. The van der Waals surface area contributed by atoms with Gasteiger partial charge in [0, 0.05) is 11.3 Å². The van der Waals surface area contributed by atoms with Gasteiger partial charge >= 0.3 is 6.18 Å². The van der Waals surface area contributed by atoms with Crippen molar-refractivity contribution in [2.24, 2.45) is 0 Å². The Bertz CT molecular complexity index is 952. The SMILES string of the molecule is COc1ccccc1OCc1csc(C(=O)Nc2ccc(C(F)(F)F)cc2)c1. The van der Waals surface area contributed by atoms with Crippen molar-refractivity contribution >= 4 is 22.9 Å². The molecule has 2 aromatic carbocycles. The van der Waals surface area contributed by atoms with Crippen molar-refractivity contribution in [3.8, 4) is 11.5 Å². The number of amides is 1. The second-order valence-electron chi connectivity index (χ2n) is 5.79. The van der Waals surface area contributed by atoms with E-state index in [1.54, 1.807) is 30.7 Å². The van der Waals surface area contributed by atoms with E-state index in [0.29, 0.717) is 22.1 Å². The monoisotopic (exact) mass is 407 g/mol. The number of hydrogen-bond donors (Lipinski definition) is 1. The van der Waals surface area contributed by atoms with E-state index < -0.39 is 17.6 Å². The fraction of sp³-hybridized carbons (Fsp3) is 0.150. The molecule has 1 aromatic heterocycles. The van der Waals surface area contributed by atoms with E-state index >= 15 is 0 Å². The third kappa shape index (κ3) is 4.83. The highest BCUT2D eigenvalue weighted by Crippen LogP contribution is 2.30. The summed E-state index contributed by atoms with van der Waals surface area (Å²) in [4.78, 5) is 12.7. The van der Waals surface area contributed by atoms with Crippen LogP contribution in [0, 0.1) is 0 Å². The maximum absolute atomic E-state index is 12.6. The number of ether oxygens (including phenoxy) is 2. The standard InChI is InChI=1S/C20H16F3NO3S/c1-26-16-4-2-3-5-17(16)27-11-13-10-18(28-12-13)19(25)24-15-8-6-14(7-9-15)20(21,22)23/h2-10,12H,11H2,1H3,(H,24,25). The van der Waals surface area contributed by atoms with E-state index in [0.717, 1.165) is 17.7 Å². The number of halogens is 3. The number of nitrogens with one attached hydrogen (secondary N) is 1. The number of benzene rings is 2. The van der Waals surface area contributed by atoms with Crippen LogP contribution in [0.1, 0.15) is 20.8 Å². The summed E-state index contributed by atoms with van der Waals surface area (Å²) in [6.45, 7) is 0.254. The molecule has 4 nitrogen and oxygen atoms in total. The summed E-state index contributed by atoms with van der Waals surface area (Å²) in [6.07, 6.45) is -4.41. The second kappa shape index (κ2) is 8.35. The van der Waals surface area contributed by atoms with E-state index in [2.05, 4.69) is 5.32 Å². The Morgan fingerprint density at radius 2 is 1.75 bits per heavy atom. The fourth-order valence-electron chi connectivity index (χ4n) is 2.40. The van der Waals surface area contributed by atoms with Gasteiger partial charge in [-0.05, 0) is 47.8 Å². The van der Waals surface area contributed by atoms with Crippen LogP contribution < -0.4 is 14.8 Å². The van der Waals surface area contributed by atoms with Crippen molar-refractivity contribution in [1.29, 1.82) is 0 Å². The van der Waals surface area contributed by atoms with Crippen molar-refractivity contribution in [3.05, 3.63) is 76.0 Å². The Labute approximate surface area is 163 Å². The Balaban J connectivity index is 1.61. The molecular weight excluding hydrogens is 391 g/mol. The predicted octanol–water partition coefficient (Wildman–Crippen LogP) is 5.61. The van der Waals surface area contributed by atoms with Gasteiger partial charge in [0.25, 0.3) is 5.91 Å². The Morgan fingerprint density at radius 3 is 2.39 bits per heavy atom. The number of rotatable bonds is 6. The number of hydrogen-bond acceptors (Lipinski definition) is 4. The van der Waals surface area contributed by atoms with E-state index in [1.165, 1.54) is 23.5 Å². The lowest BCUT2D eigenvalue weighted by Gasteiger charge is -2.09. The van der Waals surface area contributed by atoms with Gasteiger partial charge in [0.15, 0.2) is 11.5 Å². The molecule has 3 aromatic rings. The highest BCUT2D eigenvalue weighted by Gasteiger charge is 2.30. The average molecular weight is 407 g/mol. The molecule has 0 fully saturated rings. The lowest BCUT2D eigenvalue weighted by molar-refractivity contribution is -0.137. The van der Waals surface area contributed by atoms with Crippen molar-refractivity contribution in [2.75, 3.05) is 12.4 Å². The molecule has 1 N–H and O–H groups in total. The van der Waals surface area contributed by atoms with Crippen molar-refractivity contribution in [1.82, 2.24) is 0 Å². The van der Waals surface area contributed by atoms with E-state index in [1.807, 2.05) is 12.1 Å². The maximum Gasteiger partial charge on any atom is 0.416 e. The van der Waals surface area contributed by atoms with Crippen molar-refractivity contribution < 1.29 is 27.4 Å². The molecule has 0 atom stereocenters. The predicted molar refractivity (Wildman–Crippen MR) is 101 cm³/mol. The molecule has 1 amide bonds. The first kappa shape index (κ1) is 19.8. The van der Waals surface area contributed by atoms with Crippen LogP contribution in [0.4, 0.5) is 18.9 Å². The van der Waals surface area contributed by atoms with Crippen LogP contribution in [0.25, 0.3) is 0 Å². The van der Waals surface area contributed by atoms with Crippen LogP contribution in [0.15, 0.2) is 60.0 Å². The molecule has 146 valence electrons. The Morgan fingerprint density at radius 1 is 1.07 bits per heavy atom. The molecule has 0 saturated heterocycles. The fourth-order valence-corrected chi connectivity index (χ4v) is 3.20. The first-order chi connectivity index (χ1) is 13.4. The van der Waals surface area contributed by atoms with Crippen LogP contribution in [0.5, 0.6) is 11.5 Å². The molecular formula is C20H16F3NO3S. The number of thiophene rings is 1. The molecule has 0 radical (unpaired) electrons. The van der Waals surface area contributed by atoms with Crippen LogP contribution in [-0.4, -0.2) is 13.0 Å². The molecule has 1 heterocycles. The number of carbonyl (C=O) groups excluding carboxylic acids is 1. The van der Waals surface area contributed by atoms with E-state index in [4.69, 9.17) is 9.47 Å². The van der Waals surface area contributed by atoms with Crippen LogP contribution in [0.3, 0.4) is 0 Å². The highest BCUT2D eigenvalue weighted by molar-refractivity contribution is 7.12. The number of para-hydroxylation sites is 2. The van der Waals surface area contributed by atoms with Gasteiger partial charge in [0.2, 0.25) is 0 Å². The van der Waals surface area contributed by atoms with Gasteiger partial charge in [0.1, 0.15) is 6.61 Å². The highest BCUT2D eigenvalue weighted by atomic mass is 32.1. The molecule has 0 saturated carbocycles. The lowest BCUT2D eigenvalue weighted by Crippen LogP contribution is -2.11. The molecule has 0 spiro atoms. The lowest BCUT2D eigenvalue weighted by atomic mass is 10.2. The molecule has 8 heteroatoms. The maximum atomic E-state index is 12.6. The van der Waals surface area contributed by atoms with E-state index in [9.17, 15) is 18.0 Å². The minimum atomic E-state index is -4.41. The van der Waals surface area contributed by atoms with Crippen LogP contribution in [-0.2, 0) is 12.8 Å². The minimum Gasteiger partial charge on any atom is -0.493 e. The topological polar surface area (TPSA) is 47.6 Å². The molecule has 0 bridgehead atoms. The molecule has 0 unspecified atom stereocenters. The normalized spacial score (nSPS) is 11.1. The summed E-state index contributed by atoms with van der Waals surface area (Å²) in [7, 11) is 1.55. The molecule has 28 heavy (non-hydrogen) atoms. The third-order valence-corrected chi connectivity index (χ3v) is 4.79.